The number of hydrogen-bond donors (Lipinski definition) is 0. The average Bonchev–Trinajstić information content (AvgIpc) is 3.32. The zero-order valence-electron chi connectivity index (χ0n) is 17.0. The number of likely N-dealkylation sites (tertiary alicyclic amines) is 2. The van der Waals surface area contributed by atoms with E-state index in [0.29, 0.717) is 12.8 Å². The lowest BCUT2D eigenvalue weighted by Crippen LogP contribution is -2.56. The lowest BCUT2D eigenvalue weighted by Gasteiger charge is -2.33. The van der Waals surface area contributed by atoms with Gasteiger partial charge in [0.25, 0.3) is 0 Å². The van der Waals surface area contributed by atoms with Crippen LogP contribution >= 0.6 is 0 Å². The Hall–Kier alpha value is -2.54. The maximum absolute atomic E-state index is 13.1. The predicted molar refractivity (Wildman–Crippen MR) is 92.5 cm³/mol. The number of halogens is 6. The minimum atomic E-state index is -5.53. The number of esters is 2. The molecule has 2 aliphatic rings. The first-order chi connectivity index (χ1) is 14.8. The lowest BCUT2D eigenvalue weighted by atomic mass is 10.1. The van der Waals surface area contributed by atoms with Crippen LogP contribution in [0.2, 0.25) is 0 Å². The van der Waals surface area contributed by atoms with E-state index in [4.69, 9.17) is 4.74 Å². The summed E-state index contributed by atoms with van der Waals surface area (Å²) in [4.78, 5) is 49.0. The smallest absolute Gasteiger partial charge is 0.464 e. The van der Waals surface area contributed by atoms with Crippen molar-refractivity contribution in [2.45, 2.75) is 76.1 Å². The van der Waals surface area contributed by atoms with Crippen LogP contribution < -0.4 is 0 Å². The van der Waals surface area contributed by atoms with Gasteiger partial charge in [-0.2, -0.15) is 26.3 Å². The fourth-order valence-electron chi connectivity index (χ4n) is 3.63. The highest BCUT2D eigenvalue weighted by Crippen LogP contribution is 2.34. The van der Waals surface area contributed by atoms with Crippen LogP contribution in [0.3, 0.4) is 0 Å². The third kappa shape index (κ3) is 5.82. The van der Waals surface area contributed by atoms with Gasteiger partial charge in [0.15, 0.2) is 6.23 Å². The summed E-state index contributed by atoms with van der Waals surface area (Å²) in [5.74, 6) is -7.21. The molecule has 1 unspecified atom stereocenters. The van der Waals surface area contributed by atoms with Gasteiger partial charge >= 0.3 is 30.2 Å². The molecule has 0 aliphatic carbocycles. The number of amides is 2. The molecule has 32 heavy (non-hydrogen) atoms. The zero-order chi connectivity index (χ0) is 24.3. The van der Waals surface area contributed by atoms with E-state index in [0.717, 1.165) is 11.3 Å². The van der Waals surface area contributed by atoms with Gasteiger partial charge in [-0.15, -0.1) is 0 Å². The van der Waals surface area contributed by atoms with Crippen molar-refractivity contribution < 1.29 is 55.0 Å². The van der Waals surface area contributed by atoms with Crippen molar-refractivity contribution >= 4 is 23.8 Å². The molecule has 0 aromatic rings. The first-order valence-corrected chi connectivity index (χ1v) is 9.93. The number of rotatable bonds is 6. The summed E-state index contributed by atoms with van der Waals surface area (Å²) in [7, 11) is 0. The van der Waals surface area contributed by atoms with Gasteiger partial charge in [-0.25, -0.2) is 9.59 Å². The van der Waals surface area contributed by atoms with Gasteiger partial charge in [-0.05, 0) is 25.7 Å². The molecule has 0 aromatic heterocycles. The van der Waals surface area contributed by atoms with E-state index in [1.807, 2.05) is 6.92 Å². The van der Waals surface area contributed by atoms with Crippen molar-refractivity contribution in [2.24, 2.45) is 0 Å². The Balaban J connectivity index is 2.23. The molecule has 0 bridgehead atoms. The average molecular weight is 476 g/mol. The molecular formula is C18H22F6N2O6. The molecular weight excluding hydrogens is 454 g/mol. The maximum Gasteiger partial charge on any atom is 0.491 e. The van der Waals surface area contributed by atoms with Gasteiger partial charge in [-0.3, -0.25) is 14.5 Å². The van der Waals surface area contributed by atoms with Crippen LogP contribution in [-0.2, 0) is 28.7 Å². The number of carbonyl (C=O) groups excluding carboxylic acids is 4. The van der Waals surface area contributed by atoms with Crippen LogP contribution in [0.1, 0.15) is 45.4 Å². The number of unbranched alkanes of at least 4 members (excludes halogenated alkanes) is 1. The molecule has 2 saturated heterocycles. The van der Waals surface area contributed by atoms with Gasteiger partial charge < -0.3 is 14.4 Å². The normalized spacial score (nSPS) is 23.9. The molecule has 2 rings (SSSR count). The summed E-state index contributed by atoms with van der Waals surface area (Å²) in [6.07, 6.45) is -12.5. The van der Waals surface area contributed by atoms with E-state index in [1.54, 1.807) is 0 Å². The van der Waals surface area contributed by atoms with E-state index >= 15 is 0 Å². The highest BCUT2D eigenvalue weighted by atomic mass is 19.4. The predicted octanol–water partition coefficient (Wildman–Crippen LogP) is 2.31. The molecule has 0 aromatic carbocycles. The number of alkyl halides is 6. The summed E-state index contributed by atoms with van der Waals surface area (Å²) in [5, 5.41) is 0. The number of ether oxygens (including phenoxy) is 2. The molecule has 0 N–H and O–H groups in total. The summed E-state index contributed by atoms with van der Waals surface area (Å²) in [6.45, 7) is 1.93. The lowest BCUT2D eigenvalue weighted by molar-refractivity contribution is -0.219. The first kappa shape index (κ1) is 25.7. The number of hydrogen-bond acceptors (Lipinski definition) is 6. The van der Waals surface area contributed by atoms with Crippen LogP contribution in [0.15, 0.2) is 0 Å². The van der Waals surface area contributed by atoms with Gasteiger partial charge in [0.2, 0.25) is 5.91 Å². The quantitative estimate of drug-likeness (QED) is 0.332. The fraction of sp³-hybridized carbons (Fsp3) is 0.778. The largest absolute Gasteiger partial charge is 0.491 e. The summed E-state index contributed by atoms with van der Waals surface area (Å²) in [5.41, 5.74) is 0. The van der Waals surface area contributed by atoms with E-state index in [2.05, 4.69) is 4.74 Å². The van der Waals surface area contributed by atoms with Crippen LogP contribution in [0, 0.1) is 0 Å². The molecule has 2 fully saturated rings. The van der Waals surface area contributed by atoms with Crippen LogP contribution in [0.25, 0.3) is 0 Å². The van der Waals surface area contributed by atoms with Gasteiger partial charge in [0, 0.05) is 13.0 Å². The standard InChI is InChI=1S/C18H22F6N2O6/c1-2-3-9-31-14(28)11-5-4-8-25(11)13(27)10-6-7-12(32-16(30)18(22,23)24)26(10)15(29)17(19,20)21/h10-12H,2-9H2,1H3/t10-,11-,12?/m0/s1. The molecule has 182 valence electrons. The topological polar surface area (TPSA) is 93.2 Å². The highest BCUT2D eigenvalue weighted by molar-refractivity contribution is 5.93. The third-order valence-electron chi connectivity index (χ3n) is 5.12. The molecule has 0 saturated carbocycles. The summed E-state index contributed by atoms with van der Waals surface area (Å²) in [6, 6.07) is -2.93. The Morgan fingerprint density at radius 3 is 2.16 bits per heavy atom. The molecule has 3 atom stereocenters. The molecule has 2 aliphatic heterocycles. The molecule has 0 spiro atoms. The third-order valence-corrected chi connectivity index (χ3v) is 5.12. The van der Waals surface area contributed by atoms with E-state index in [9.17, 15) is 45.5 Å². The zero-order valence-corrected chi connectivity index (χ0v) is 17.0. The monoisotopic (exact) mass is 476 g/mol. The van der Waals surface area contributed by atoms with Crippen LogP contribution in [-0.4, -0.2) is 77.4 Å². The first-order valence-electron chi connectivity index (χ1n) is 9.93. The highest BCUT2D eigenvalue weighted by Gasteiger charge is 2.55. The van der Waals surface area contributed by atoms with Crippen molar-refractivity contribution in [3.05, 3.63) is 0 Å². The van der Waals surface area contributed by atoms with Crippen molar-refractivity contribution in [1.29, 1.82) is 0 Å². The summed E-state index contributed by atoms with van der Waals surface area (Å²) >= 11 is 0. The number of carbonyl (C=O) groups is 4. The van der Waals surface area contributed by atoms with Crippen molar-refractivity contribution in [1.82, 2.24) is 9.80 Å². The molecule has 0 radical (unpaired) electrons. The Morgan fingerprint density at radius 2 is 1.59 bits per heavy atom. The van der Waals surface area contributed by atoms with E-state index in [1.165, 1.54) is 0 Å². The second-order valence-electron chi connectivity index (χ2n) is 7.37. The van der Waals surface area contributed by atoms with Crippen LogP contribution in [0.5, 0.6) is 0 Å². The number of nitrogens with zero attached hydrogens (tertiary/aromatic N) is 2. The molecule has 2 heterocycles. The van der Waals surface area contributed by atoms with E-state index in [-0.39, 0.29) is 24.5 Å². The minimum absolute atomic E-state index is 0.00999. The fourth-order valence-corrected chi connectivity index (χ4v) is 3.63. The van der Waals surface area contributed by atoms with Gasteiger partial charge in [-0.1, -0.05) is 13.3 Å². The summed E-state index contributed by atoms with van der Waals surface area (Å²) < 4.78 is 85.9. The molecule has 8 nitrogen and oxygen atoms in total. The van der Waals surface area contributed by atoms with Crippen molar-refractivity contribution in [3.8, 4) is 0 Å². The van der Waals surface area contributed by atoms with Crippen molar-refractivity contribution in [2.75, 3.05) is 13.2 Å². The maximum atomic E-state index is 13.1. The van der Waals surface area contributed by atoms with Crippen molar-refractivity contribution in [3.63, 3.8) is 0 Å². The Morgan fingerprint density at radius 1 is 0.938 bits per heavy atom. The molecule has 2 amide bonds. The molecule has 14 heteroatoms. The van der Waals surface area contributed by atoms with E-state index < -0.39 is 67.3 Å². The van der Waals surface area contributed by atoms with Gasteiger partial charge in [0.05, 0.1) is 6.61 Å². The Bertz CT molecular complexity index is 740. The second kappa shape index (κ2) is 9.94. The Kier molecular flexibility index (Phi) is 7.99. The second-order valence-corrected chi connectivity index (χ2v) is 7.37. The van der Waals surface area contributed by atoms with Crippen LogP contribution in [0.4, 0.5) is 26.3 Å². The van der Waals surface area contributed by atoms with Gasteiger partial charge in [0.1, 0.15) is 12.1 Å². The Labute approximate surface area is 178 Å². The SMILES string of the molecule is CCCCOC(=O)[C@@H]1CCCN1C(=O)[C@@H]1CCC(OC(=O)C(F)(F)F)N1C(=O)C(F)(F)F. The minimum Gasteiger partial charge on any atom is -0.464 e.